The maximum atomic E-state index is 12.8. The van der Waals surface area contributed by atoms with Gasteiger partial charge in [0.15, 0.2) is 0 Å². The first-order valence-corrected chi connectivity index (χ1v) is 11.0. The van der Waals surface area contributed by atoms with Gasteiger partial charge >= 0.3 is 0 Å². The zero-order chi connectivity index (χ0) is 20.3. The van der Waals surface area contributed by atoms with Crippen LogP contribution in [0.5, 0.6) is 0 Å². The summed E-state index contributed by atoms with van der Waals surface area (Å²) in [7, 11) is -3.71. The normalized spacial score (nSPS) is 18.1. The van der Waals surface area contributed by atoms with Crippen molar-refractivity contribution in [1.82, 2.24) is 9.80 Å². The average molecular weight is 402 g/mol. The van der Waals surface area contributed by atoms with Crippen molar-refractivity contribution in [2.24, 2.45) is 0 Å². The number of nitrogens with zero attached hydrogens (tertiary/aromatic N) is 2. The van der Waals surface area contributed by atoms with Crippen LogP contribution in [0.1, 0.15) is 29.8 Å². The van der Waals surface area contributed by atoms with Crippen LogP contribution in [0, 0.1) is 6.92 Å². The Hall–Kier alpha value is -2.38. The van der Waals surface area contributed by atoms with E-state index >= 15 is 0 Å². The number of likely N-dealkylation sites (N-methyl/N-ethyl adjacent to an activating group) is 1. The van der Waals surface area contributed by atoms with E-state index in [2.05, 4.69) is 16.5 Å². The van der Waals surface area contributed by atoms with Crippen molar-refractivity contribution in [3.8, 4) is 0 Å². The summed E-state index contributed by atoms with van der Waals surface area (Å²) in [6.07, 6.45) is 0. The lowest BCUT2D eigenvalue weighted by Gasteiger charge is -2.39. The third-order valence-electron chi connectivity index (χ3n) is 5.22. The maximum Gasteiger partial charge on any atom is 0.261 e. The number of amides is 1. The van der Waals surface area contributed by atoms with E-state index in [1.165, 1.54) is 12.1 Å². The number of hydrogen-bond acceptors (Lipinski definition) is 4. The molecule has 0 saturated carbocycles. The number of aryl methyl sites for hydroxylation is 1. The van der Waals surface area contributed by atoms with Crippen molar-refractivity contribution in [2.75, 3.05) is 30.9 Å². The monoisotopic (exact) mass is 401 g/mol. The van der Waals surface area contributed by atoms with E-state index in [4.69, 9.17) is 0 Å². The molecule has 0 unspecified atom stereocenters. The number of nitrogens with one attached hydrogen (secondary N) is 1. The molecule has 3 rings (SSSR count). The second kappa shape index (κ2) is 8.32. The van der Waals surface area contributed by atoms with E-state index in [9.17, 15) is 13.2 Å². The van der Waals surface area contributed by atoms with Crippen LogP contribution in [-0.4, -0.2) is 56.3 Å². The summed E-state index contributed by atoms with van der Waals surface area (Å²) >= 11 is 0. The minimum absolute atomic E-state index is 0.0564. The fourth-order valence-corrected chi connectivity index (χ4v) is 4.59. The van der Waals surface area contributed by atoms with Gasteiger partial charge in [-0.25, -0.2) is 8.42 Å². The van der Waals surface area contributed by atoms with Gasteiger partial charge in [-0.15, -0.1) is 0 Å². The summed E-state index contributed by atoms with van der Waals surface area (Å²) in [6, 6.07) is 13.5. The Balaban J connectivity index is 1.74. The molecule has 150 valence electrons. The first-order valence-electron chi connectivity index (χ1n) is 9.53. The van der Waals surface area contributed by atoms with E-state index in [1.807, 2.05) is 30.9 Å². The first kappa shape index (κ1) is 20.4. The van der Waals surface area contributed by atoms with E-state index in [0.29, 0.717) is 17.8 Å². The first-order chi connectivity index (χ1) is 13.3. The third-order valence-corrected chi connectivity index (χ3v) is 6.60. The summed E-state index contributed by atoms with van der Waals surface area (Å²) in [5.41, 5.74) is 1.90. The molecule has 0 aliphatic carbocycles. The Morgan fingerprint density at radius 2 is 1.79 bits per heavy atom. The van der Waals surface area contributed by atoms with Crippen molar-refractivity contribution in [3.63, 3.8) is 0 Å². The van der Waals surface area contributed by atoms with Gasteiger partial charge in [0.05, 0.1) is 10.6 Å². The Morgan fingerprint density at radius 3 is 2.39 bits per heavy atom. The minimum Gasteiger partial charge on any atom is -0.333 e. The zero-order valence-electron chi connectivity index (χ0n) is 16.6. The largest absolute Gasteiger partial charge is 0.333 e. The molecule has 1 amide bonds. The topological polar surface area (TPSA) is 69.7 Å². The molecule has 2 aromatic carbocycles. The van der Waals surface area contributed by atoms with Gasteiger partial charge in [-0.1, -0.05) is 25.1 Å². The van der Waals surface area contributed by atoms with Gasteiger partial charge in [0.2, 0.25) is 0 Å². The molecule has 1 aliphatic rings. The lowest BCUT2D eigenvalue weighted by atomic mass is 10.1. The molecule has 0 bridgehead atoms. The number of piperazine rings is 1. The number of carbonyl (C=O) groups excluding carboxylic acids is 1. The molecule has 1 N–H and O–H groups in total. The maximum absolute atomic E-state index is 12.8. The van der Waals surface area contributed by atoms with Gasteiger partial charge in [0.25, 0.3) is 15.9 Å². The molecule has 6 nitrogen and oxygen atoms in total. The van der Waals surface area contributed by atoms with E-state index in [1.54, 1.807) is 24.3 Å². The number of para-hydroxylation sites is 1. The van der Waals surface area contributed by atoms with Gasteiger partial charge in [-0.3, -0.25) is 14.4 Å². The quantitative estimate of drug-likeness (QED) is 0.836. The predicted molar refractivity (Wildman–Crippen MR) is 111 cm³/mol. The van der Waals surface area contributed by atoms with Gasteiger partial charge in [0.1, 0.15) is 0 Å². The van der Waals surface area contributed by atoms with Crippen LogP contribution < -0.4 is 4.72 Å². The molecule has 28 heavy (non-hydrogen) atoms. The third kappa shape index (κ3) is 4.36. The van der Waals surface area contributed by atoms with Crippen molar-refractivity contribution in [1.29, 1.82) is 0 Å². The van der Waals surface area contributed by atoms with E-state index in [0.717, 1.165) is 25.2 Å². The number of anilines is 1. The van der Waals surface area contributed by atoms with Crippen molar-refractivity contribution in [2.45, 2.75) is 31.7 Å². The number of hydrogen-bond donors (Lipinski definition) is 1. The zero-order valence-corrected chi connectivity index (χ0v) is 17.4. The van der Waals surface area contributed by atoms with Crippen molar-refractivity contribution < 1.29 is 13.2 Å². The van der Waals surface area contributed by atoms with Crippen molar-refractivity contribution in [3.05, 3.63) is 59.7 Å². The highest BCUT2D eigenvalue weighted by Crippen LogP contribution is 2.21. The van der Waals surface area contributed by atoms with Gasteiger partial charge in [0, 0.05) is 31.2 Å². The minimum atomic E-state index is -3.71. The fourth-order valence-electron chi connectivity index (χ4n) is 3.46. The Kier molecular flexibility index (Phi) is 6.05. The highest BCUT2D eigenvalue weighted by Gasteiger charge is 2.27. The molecule has 1 saturated heterocycles. The van der Waals surface area contributed by atoms with Crippen LogP contribution in [0.4, 0.5) is 5.69 Å². The van der Waals surface area contributed by atoms with Crippen LogP contribution in [0.3, 0.4) is 0 Å². The molecule has 1 atom stereocenters. The molecular formula is C21H27N3O3S. The summed E-state index contributed by atoms with van der Waals surface area (Å²) in [5, 5.41) is 0. The molecular weight excluding hydrogens is 374 g/mol. The van der Waals surface area contributed by atoms with E-state index in [-0.39, 0.29) is 16.8 Å². The number of sulfonamides is 1. The number of benzene rings is 2. The predicted octanol–water partition coefficient (Wildman–Crippen LogP) is 2.96. The Bertz CT molecular complexity index is 942. The highest BCUT2D eigenvalue weighted by molar-refractivity contribution is 7.92. The second-order valence-corrected chi connectivity index (χ2v) is 8.87. The second-order valence-electron chi connectivity index (χ2n) is 7.19. The summed E-state index contributed by atoms with van der Waals surface area (Å²) < 4.78 is 27.9. The summed E-state index contributed by atoms with van der Waals surface area (Å²) in [6.45, 7) is 9.39. The van der Waals surface area contributed by atoms with Crippen molar-refractivity contribution >= 4 is 21.6 Å². The molecule has 1 heterocycles. The molecule has 0 aromatic heterocycles. The molecule has 7 heteroatoms. The van der Waals surface area contributed by atoms with Gasteiger partial charge in [-0.05, 0) is 56.3 Å². The van der Waals surface area contributed by atoms with Crippen LogP contribution in [0.15, 0.2) is 53.4 Å². The smallest absolute Gasteiger partial charge is 0.261 e. The Labute approximate surface area is 167 Å². The van der Waals surface area contributed by atoms with Gasteiger partial charge < -0.3 is 4.90 Å². The van der Waals surface area contributed by atoms with Gasteiger partial charge in [-0.2, -0.15) is 0 Å². The molecule has 0 spiro atoms. The average Bonchev–Trinajstić information content (AvgIpc) is 2.69. The highest BCUT2D eigenvalue weighted by atomic mass is 32.2. The number of rotatable bonds is 5. The summed E-state index contributed by atoms with van der Waals surface area (Å²) in [4.78, 5) is 17.2. The fraction of sp³-hybridized carbons (Fsp3) is 0.381. The standard InChI is InChI=1S/C21H27N3O3S/c1-4-23-13-14-24(17(3)15-23)21(25)18-9-11-19(12-10-18)28(26,27)22-20-8-6-5-7-16(20)2/h5-12,17,22H,4,13-15H2,1-3H3/t17-/m1/s1. The molecule has 1 aliphatic heterocycles. The summed E-state index contributed by atoms with van der Waals surface area (Å²) in [5.74, 6) is -0.0564. The molecule has 0 radical (unpaired) electrons. The lowest BCUT2D eigenvalue weighted by Crippen LogP contribution is -2.53. The lowest BCUT2D eigenvalue weighted by molar-refractivity contribution is 0.0499. The SMILES string of the molecule is CCN1CCN(C(=O)c2ccc(S(=O)(=O)Nc3ccccc3C)cc2)[C@H](C)C1. The van der Waals surface area contributed by atoms with E-state index < -0.39 is 10.0 Å². The van der Waals surface area contributed by atoms with Crippen LogP contribution >= 0.6 is 0 Å². The Morgan fingerprint density at radius 1 is 1.11 bits per heavy atom. The molecule has 2 aromatic rings. The number of carbonyl (C=O) groups is 1. The van der Waals surface area contributed by atoms with Crippen LogP contribution in [-0.2, 0) is 10.0 Å². The van der Waals surface area contributed by atoms with Crippen LogP contribution in [0.25, 0.3) is 0 Å². The van der Waals surface area contributed by atoms with Crippen LogP contribution in [0.2, 0.25) is 0 Å². The molecule has 1 fully saturated rings.